The van der Waals surface area contributed by atoms with E-state index in [1.165, 1.54) is 212 Å². The van der Waals surface area contributed by atoms with Crippen LogP contribution in [-0.4, -0.2) is 47.4 Å². The SMILES string of the molecule is CCCCCC/C=C\C/C=C\CCCCCCCC(=O)OCCCCCCCC/C=C\C/C=C\CCC(=O)NC(CO)C(O)CCCCCCCCCCCCCCCCCCCCCCCCC. The van der Waals surface area contributed by atoms with Crippen molar-refractivity contribution in [2.24, 2.45) is 0 Å². The van der Waals surface area contributed by atoms with Crippen LogP contribution in [0.2, 0.25) is 0 Å². The first-order valence-corrected chi connectivity index (χ1v) is 30.4. The van der Waals surface area contributed by atoms with E-state index >= 15 is 0 Å². The number of ether oxygens (including phenoxy) is 1. The quantitative estimate of drug-likeness (QED) is 0.0321. The molecule has 0 radical (unpaired) electrons. The van der Waals surface area contributed by atoms with Gasteiger partial charge in [0.15, 0.2) is 0 Å². The smallest absolute Gasteiger partial charge is 0.305 e. The number of carbonyl (C=O) groups is 2. The van der Waals surface area contributed by atoms with Gasteiger partial charge in [-0.05, 0) is 77.0 Å². The Labute approximate surface area is 429 Å². The number of unbranched alkanes of at least 4 members (excludes halogenated alkanes) is 37. The zero-order valence-electron chi connectivity index (χ0n) is 46.0. The van der Waals surface area contributed by atoms with Crippen molar-refractivity contribution in [3.8, 4) is 0 Å². The lowest BCUT2D eigenvalue weighted by Crippen LogP contribution is -2.45. The van der Waals surface area contributed by atoms with E-state index in [9.17, 15) is 19.8 Å². The molecule has 2 atom stereocenters. The molecule has 69 heavy (non-hydrogen) atoms. The van der Waals surface area contributed by atoms with Crippen molar-refractivity contribution >= 4 is 11.9 Å². The maximum absolute atomic E-state index is 12.5. The zero-order valence-corrected chi connectivity index (χ0v) is 46.0. The molecule has 0 rings (SSSR count). The van der Waals surface area contributed by atoms with Crippen molar-refractivity contribution in [3.05, 3.63) is 48.6 Å². The molecule has 6 heteroatoms. The predicted molar refractivity (Wildman–Crippen MR) is 301 cm³/mol. The second-order valence-electron chi connectivity index (χ2n) is 20.7. The van der Waals surface area contributed by atoms with E-state index in [0.29, 0.717) is 32.3 Å². The van der Waals surface area contributed by atoms with Crippen LogP contribution in [0.5, 0.6) is 0 Å². The van der Waals surface area contributed by atoms with Gasteiger partial charge in [-0.25, -0.2) is 0 Å². The van der Waals surface area contributed by atoms with E-state index in [-0.39, 0.29) is 18.5 Å². The molecule has 6 nitrogen and oxygen atoms in total. The summed E-state index contributed by atoms with van der Waals surface area (Å²) in [7, 11) is 0. The fraction of sp³-hybridized carbons (Fsp3) is 0.841. The monoisotopic (exact) mass is 968 g/mol. The van der Waals surface area contributed by atoms with E-state index < -0.39 is 12.1 Å². The summed E-state index contributed by atoms with van der Waals surface area (Å²) in [6.07, 6.45) is 74.1. The Morgan fingerprint density at radius 2 is 0.739 bits per heavy atom. The average molecular weight is 969 g/mol. The Kier molecular flexibility index (Phi) is 56.5. The fourth-order valence-corrected chi connectivity index (χ4v) is 9.19. The van der Waals surface area contributed by atoms with Crippen molar-refractivity contribution < 1.29 is 24.5 Å². The van der Waals surface area contributed by atoms with Gasteiger partial charge in [0.1, 0.15) is 0 Å². The molecule has 1 amide bonds. The van der Waals surface area contributed by atoms with Gasteiger partial charge in [0, 0.05) is 12.8 Å². The maximum Gasteiger partial charge on any atom is 0.305 e. The number of nitrogens with one attached hydrogen (secondary N) is 1. The van der Waals surface area contributed by atoms with Gasteiger partial charge < -0.3 is 20.3 Å². The van der Waals surface area contributed by atoms with E-state index in [1.54, 1.807) is 0 Å². The lowest BCUT2D eigenvalue weighted by atomic mass is 10.0. The first-order chi connectivity index (χ1) is 34.0. The highest BCUT2D eigenvalue weighted by Gasteiger charge is 2.19. The Balaban J connectivity index is 3.54. The predicted octanol–water partition coefficient (Wildman–Crippen LogP) is 19.0. The minimum Gasteiger partial charge on any atom is -0.466 e. The second kappa shape index (κ2) is 58.4. The van der Waals surface area contributed by atoms with Crippen LogP contribution >= 0.6 is 0 Å². The van der Waals surface area contributed by atoms with Gasteiger partial charge in [-0.3, -0.25) is 9.59 Å². The molecule has 0 aromatic carbocycles. The van der Waals surface area contributed by atoms with Crippen molar-refractivity contribution in [3.63, 3.8) is 0 Å². The molecule has 3 N–H and O–H groups in total. The highest BCUT2D eigenvalue weighted by atomic mass is 16.5. The maximum atomic E-state index is 12.5. The molecule has 0 aromatic rings. The van der Waals surface area contributed by atoms with Crippen molar-refractivity contribution in [2.45, 2.75) is 328 Å². The van der Waals surface area contributed by atoms with Crippen LogP contribution in [0.4, 0.5) is 0 Å². The lowest BCUT2D eigenvalue weighted by molar-refractivity contribution is -0.143. The number of allylic oxidation sites excluding steroid dienone is 8. The van der Waals surface area contributed by atoms with Gasteiger partial charge in [0.05, 0.1) is 25.4 Å². The minimum atomic E-state index is -0.702. The molecule has 0 aromatic heterocycles. The summed E-state index contributed by atoms with van der Waals surface area (Å²) >= 11 is 0. The number of hydrogen-bond acceptors (Lipinski definition) is 5. The Hall–Kier alpha value is -2.18. The second-order valence-corrected chi connectivity index (χ2v) is 20.7. The standard InChI is InChI=1S/C63H117NO5/c1-3-5-7-9-11-13-15-17-19-21-22-23-24-25-26-27-28-31-35-39-43-47-51-55-61(66)60(59-65)64-62(67)56-52-48-44-40-36-32-30-34-38-42-46-50-54-58-69-63(68)57-53-49-45-41-37-33-29-20-18-16-14-12-10-8-6-4-2/h14,16,20,29,32,36,44,48,60-61,65-66H,3-13,15,17-19,21-28,30-31,33-35,37-43,45-47,49-59H2,1-2H3,(H,64,67)/b16-14-,29-20-,36-32-,48-44-. The lowest BCUT2D eigenvalue weighted by Gasteiger charge is -2.22. The number of amides is 1. The molecule has 0 fully saturated rings. The third kappa shape index (κ3) is 55.0. The fourth-order valence-electron chi connectivity index (χ4n) is 9.19. The molecule has 0 aliphatic rings. The van der Waals surface area contributed by atoms with E-state index in [0.717, 1.165) is 64.2 Å². The molecule has 0 spiro atoms. The van der Waals surface area contributed by atoms with Crippen LogP contribution < -0.4 is 5.32 Å². The number of carbonyl (C=O) groups excluding carboxylic acids is 2. The van der Waals surface area contributed by atoms with Crippen LogP contribution in [0.25, 0.3) is 0 Å². The Bertz CT molecular complexity index is 1160. The molecule has 0 aliphatic heterocycles. The van der Waals surface area contributed by atoms with E-state index in [1.807, 2.05) is 6.08 Å². The average Bonchev–Trinajstić information content (AvgIpc) is 3.35. The molecule has 0 saturated heterocycles. The summed E-state index contributed by atoms with van der Waals surface area (Å²) in [5.41, 5.74) is 0. The summed E-state index contributed by atoms with van der Waals surface area (Å²) in [6, 6.07) is -0.588. The number of aliphatic hydroxyl groups is 2. The number of aliphatic hydroxyl groups excluding tert-OH is 2. The van der Waals surface area contributed by atoms with E-state index in [2.05, 4.69) is 61.7 Å². The molecule has 0 bridgehead atoms. The van der Waals surface area contributed by atoms with Gasteiger partial charge in [-0.2, -0.15) is 0 Å². The third-order valence-corrected chi connectivity index (χ3v) is 13.9. The summed E-state index contributed by atoms with van der Waals surface area (Å²) in [4.78, 5) is 24.5. The molecule has 0 saturated carbocycles. The highest BCUT2D eigenvalue weighted by molar-refractivity contribution is 5.76. The number of hydrogen-bond donors (Lipinski definition) is 3. The third-order valence-electron chi connectivity index (χ3n) is 13.9. The summed E-state index contributed by atoms with van der Waals surface area (Å²) in [5, 5.41) is 23.3. The van der Waals surface area contributed by atoms with Crippen LogP contribution in [0.15, 0.2) is 48.6 Å². The van der Waals surface area contributed by atoms with Gasteiger partial charge in [-0.1, -0.05) is 274 Å². The zero-order chi connectivity index (χ0) is 50.0. The van der Waals surface area contributed by atoms with Crippen molar-refractivity contribution in [1.82, 2.24) is 5.32 Å². The summed E-state index contributed by atoms with van der Waals surface area (Å²) < 4.78 is 5.46. The van der Waals surface area contributed by atoms with Gasteiger partial charge in [0.25, 0.3) is 0 Å². The largest absolute Gasteiger partial charge is 0.466 e. The van der Waals surface area contributed by atoms with Crippen LogP contribution in [0.1, 0.15) is 316 Å². The first kappa shape index (κ1) is 66.8. The molecule has 2 unspecified atom stereocenters. The first-order valence-electron chi connectivity index (χ1n) is 30.4. The summed E-state index contributed by atoms with van der Waals surface area (Å²) in [6.45, 7) is 4.88. The van der Waals surface area contributed by atoms with Gasteiger partial charge in [0.2, 0.25) is 5.91 Å². The van der Waals surface area contributed by atoms with Crippen molar-refractivity contribution in [2.75, 3.05) is 13.2 Å². The Morgan fingerprint density at radius 3 is 1.14 bits per heavy atom. The highest BCUT2D eigenvalue weighted by Crippen LogP contribution is 2.17. The number of esters is 1. The van der Waals surface area contributed by atoms with Gasteiger partial charge >= 0.3 is 5.97 Å². The van der Waals surface area contributed by atoms with Crippen LogP contribution in [-0.2, 0) is 14.3 Å². The van der Waals surface area contributed by atoms with Crippen molar-refractivity contribution in [1.29, 1.82) is 0 Å². The van der Waals surface area contributed by atoms with Crippen LogP contribution in [0.3, 0.4) is 0 Å². The molecule has 0 aliphatic carbocycles. The summed E-state index contributed by atoms with van der Waals surface area (Å²) in [5.74, 6) is -0.144. The molecule has 404 valence electrons. The van der Waals surface area contributed by atoms with E-state index in [4.69, 9.17) is 4.74 Å². The van der Waals surface area contributed by atoms with Crippen LogP contribution in [0, 0.1) is 0 Å². The minimum absolute atomic E-state index is 0.0302. The van der Waals surface area contributed by atoms with Gasteiger partial charge in [-0.15, -0.1) is 0 Å². The number of rotatable bonds is 56. The molecule has 0 heterocycles. The normalized spacial score (nSPS) is 12.9. The molecular formula is C63H117NO5. The molecular weight excluding hydrogens is 851 g/mol. The topological polar surface area (TPSA) is 95.9 Å². The Morgan fingerprint density at radius 1 is 0.406 bits per heavy atom.